The van der Waals surface area contributed by atoms with Crippen LogP contribution in [-0.2, 0) is 6.54 Å². The Balaban J connectivity index is 1.84. The van der Waals surface area contributed by atoms with Gasteiger partial charge in [-0.05, 0) is 26.3 Å². The second-order valence-corrected chi connectivity index (χ2v) is 4.92. The Morgan fingerprint density at radius 3 is 3.16 bits per heavy atom. The van der Waals surface area contributed by atoms with Crippen LogP contribution in [0.5, 0.6) is 0 Å². The summed E-state index contributed by atoms with van der Waals surface area (Å²) < 4.78 is 0. The highest BCUT2D eigenvalue weighted by Gasteiger charge is 2.28. The number of aromatic nitrogens is 4. The van der Waals surface area contributed by atoms with Crippen molar-refractivity contribution in [1.82, 2.24) is 24.8 Å². The van der Waals surface area contributed by atoms with Gasteiger partial charge in [0.1, 0.15) is 11.6 Å². The fraction of sp³-hybridized carbons (Fsp3) is 0.462. The van der Waals surface area contributed by atoms with Crippen molar-refractivity contribution in [2.45, 2.75) is 32.4 Å². The second kappa shape index (κ2) is 4.97. The average molecular weight is 259 g/mol. The van der Waals surface area contributed by atoms with Gasteiger partial charge in [0.2, 0.25) is 0 Å². The van der Waals surface area contributed by atoms with Crippen molar-refractivity contribution in [2.75, 3.05) is 6.54 Å². The zero-order chi connectivity index (χ0) is 13.2. The Morgan fingerprint density at radius 2 is 2.42 bits per heavy atom. The summed E-state index contributed by atoms with van der Waals surface area (Å²) in [5, 5.41) is 0. The molecule has 3 rings (SSSR count). The van der Waals surface area contributed by atoms with Gasteiger partial charge in [0.05, 0.1) is 18.3 Å². The summed E-state index contributed by atoms with van der Waals surface area (Å²) in [5.41, 5.74) is 0.789. The lowest BCUT2D eigenvalue weighted by molar-refractivity contribution is 0.238. The van der Waals surface area contributed by atoms with Gasteiger partial charge < -0.3 is 9.97 Å². The summed E-state index contributed by atoms with van der Waals surface area (Å²) in [6.07, 6.45) is 5.75. The molecule has 0 spiro atoms. The lowest BCUT2D eigenvalue weighted by Crippen LogP contribution is -2.25. The molecule has 1 saturated heterocycles. The lowest BCUT2D eigenvalue weighted by atomic mass is 10.1. The van der Waals surface area contributed by atoms with Crippen molar-refractivity contribution in [1.29, 1.82) is 0 Å². The molecule has 0 radical (unpaired) electrons. The molecule has 0 aliphatic carbocycles. The first kappa shape index (κ1) is 12.1. The zero-order valence-electron chi connectivity index (χ0n) is 10.9. The molecule has 6 nitrogen and oxygen atoms in total. The number of imidazole rings is 1. The van der Waals surface area contributed by atoms with Crippen molar-refractivity contribution in [3.05, 3.63) is 46.2 Å². The number of hydrogen-bond acceptors (Lipinski definition) is 4. The Morgan fingerprint density at radius 1 is 1.53 bits per heavy atom. The largest absolute Gasteiger partial charge is 0.348 e. The van der Waals surface area contributed by atoms with E-state index in [4.69, 9.17) is 0 Å². The second-order valence-electron chi connectivity index (χ2n) is 4.92. The third-order valence-electron chi connectivity index (χ3n) is 3.49. The molecule has 0 bridgehead atoms. The van der Waals surface area contributed by atoms with E-state index in [1.165, 1.54) is 0 Å². The maximum Gasteiger partial charge on any atom is 0.251 e. The molecule has 0 saturated carbocycles. The van der Waals surface area contributed by atoms with Crippen LogP contribution in [0.25, 0.3) is 0 Å². The summed E-state index contributed by atoms with van der Waals surface area (Å²) in [4.78, 5) is 28.4. The van der Waals surface area contributed by atoms with E-state index >= 15 is 0 Å². The van der Waals surface area contributed by atoms with Gasteiger partial charge in [-0.1, -0.05) is 0 Å². The molecule has 6 heteroatoms. The van der Waals surface area contributed by atoms with Crippen LogP contribution in [0.2, 0.25) is 0 Å². The first-order valence-electron chi connectivity index (χ1n) is 6.52. The number of aromatic amines is 2. The molecule has 1 aliphatic rings. The maximum absolute atomic E-state index is 11.6. The summed E-state index contributed by atoms with van der Waals surface area (Å²) in [7, 11) is 0. The predicted octanol–water partition coefficient (Wildman–Crippen LogP) is 1.14. The lowest BCUT2D eigenvalue weighted by Gasteiger charge is -2.22. The summed E-state index contributed by atoms with van der Waals surface area (Å²) in [6.45, 7) is 3.60. The van der Waals surface area contributed by atoms with Gasteiger partial charge in [-0.3, -0.25) is 9.69 Å². The number of nitrogens with one attached hydrogen (secondary N) is 2. The minimum atomic E-state index is -0.0765. The van der Waals surface area contributed by atoms with Crippen LogP contribution in [0.3, 0.4) is 0 Å². The highest BCUT2D eigenvalue weighted by Crippen LogP contribution is 2.31. The van der Waals surface area contributed by atoms with Crippen molar-refractivity contribution < 1.29 is 0 Å². The number of rotatable bonds is 3. The Bertz CT molecular complexity index is 604. The molecule has 2 N–H and O–H groups in total. The van der Waals surface area contributed by atoms with Crippen molar-refractivity contribution in [3.63, 3.8) is 0 Å². The smallest absolute Gasteiger partial charge is 0.251 e. The Labute approximate surface area is 110 Å². The van der Waals surface area contributed by atoms with E-state index in [0.29, 0.717) is 5.82 Å². The van der Waals surface area contributed by atoms with E-state index in [-0.39, 0.29) is 11.6 Å². The molecule has 100 valence electrons. The topological polar surface area (TPSA) is 77.7 Å². The third-order valence-corrected chi connectivity index (χ3v) is 3.49. The molecule has 1 aliphatic heterocycles. The van der Waals surface area contributed by atoms with Gasteiger partial charge in [0, 0.05) is 18.5 Å². The van der Waals surface area contributed by atoms with E-state index in [9.17, 15) is 4.79 Å². The average Bonchev–Trinajstić information content (AvgIpc) is 2.99. The molecule has 1 fully saturated rings. The van der Waals surface area contributed by atoms with E-state index in [0.717, 1.165) is 37.4 Å². The number of H-pyrrole nitrogens is 2. The van der Waals surface area contributed by atoms with Crippen LogP contribution >= 0.6 is 0 Å². The minimum absolute atomic E-state index is 0.0765. The summed E-state index contributed by atoms with van der Waals surface area (Å²) in [5.74, 6) is 1.63. The molecule has 2 aromatic rings. The fourth-order valence-electron chi connectivity index (χ4n) is 2.70. The van der Waals surface area contributed by atoms with Gasteiger partial charge in [-0.15, -0.1) is 0 Å². The Kier molecular flexibility index (Phi) is 3.16. The molecular formula is C13H17N5O. The van der Waals surface area contributed by atoms with Crippen molar-refractivity contribution in [2.24, 2.45) is 0 Å². The minimum Gasteiger partial charge on any atom is -0.348 e. The zero-order valence-corrected chi connectivity index (χ0v) is 10.9. The van der Waals surface area contributed by atoms with Crippen molar-refractivity contribution in [3.8, 4) is 0 Å². The van der Waals surface area contributed by atoms with E-state index < -0.39 is 0 Å². The van der Waals surface area contributed by atoms with E-state index in [1.807, 2.05) is 13.1 Å². The van der Waals surface area contributed by atoms with Gasteiger partial charge in [0.25, 0.3) is 5.56 Å². The normalized spacial score (nSPS) is 19.9. The number of likely N-dealkylation sites (tertiary alicyclic amines) is 1. The SMILES string of the molecule is Cc1nc(C2CCCN2Cc2ncc[nH]2)cc(=O)[nH]1. The van der Waals surface area contributed by atoms with Gasteiger partial charge >= 0.3 is 0 Å². The van der Waals surface area contributed by atoms with Gasteiger partial charge in [-0.2, -0.15) is 0 Å². The van der Waals surface area contributed by atoms with Crippen LogP contribution in [0.4, 0.5) is 0 Å². The summed E-state index contributed by atoms with van der Waals surface area (Å²) in [6, 6.07) is 1.82. The first-order valence-corrected chi connectivity index (χ1v) is 6.52. The third kappa shape index (κ3) is 2.58. The van der Waals surface area contributed by atoms with Gasteiger partial charge in [0.15, 0.2) is 0 Å². The standard InChI is InChI=1S/C13H17N5O/c1-9-16-10(7-13(19)17-9)11-3-2-6-18(11)8-12-14-4-5-15-12/h4-5,7,11H,2-3,6,8H2,1H3,(H,14,15)(H,16,17,19). The monoisotopic (exact) mass is 259 g/mol. The van der Waals surface area contributed by atoms with Crippen molar-refractivity contribution >= 4 is 0 Å². The predicted molar refractivity (Wildman–Crippen MR) is 70.6 cm³/mol. The highest BCUT2D eigenvalue weighted by molar-refractivity contribution is 5.10. The van der Waals surface area contributed by atoms with Crippen LogP contribution in [0.15, 0.2) is 23.3 Å². The molecule has 0 amide bonds. The summed E-state index contributed by atoms with van der Waals surface area (Å²) >= 11 is 0. The highest BCUT2D eigenvalue weighted by atomic mass is 16.1. The van der Waals surface area contributed by atoms with Crippen LogP contribution in [0.1, 0.15) is 36.2 Å². The van der Waals surface area contributed by atoms with Crippen LogP contribution in [0, 0.1) is 6.92 Å². The molecule has 1 unspecified atom stereocenters. The number of hydrogen-bond donors (Lipinski definition) is 2. The van der Waals surface area contributed by atoms with Crippen LogP contribution < -0.4 is 5.56 Å². The molecule has 3 heterocycles. The molecule has 19 heavy (non-hydrogen) atoms. The van der Waals surface area contributed by atoms with E-state index in [1.54, 1.807) is 12.3 Å². The Hall–Kier alpha value is -1.95. The molecule has 1 atom stereocenters. The maximum atomic E-state index is 11.6. The first-order chi connectivity index (χ1) is 9.22. The molecule has 0 aromatic carbocycles. The van der Waals surface area contributed by atoms with E-state index in [2.05, 4.69) is 24.8 Å². The number of nitrogens with zero attached hydrogens (tertiary/aromatic N) is 3. The molecule has 2 aromatic heterocycles. The number of aryl methyl sites for hydroxylation is 1. The molecular weight excluding hydrogens is 242 g/mol. The fourth-order valence-corrected chi connectivity index (χ4v) is 2.70. The van der Waals surface area contributed by atoms with Gasteiger partial charge in [-0.25, -0.2) is 9.97 Å². The van der Waals surface area contributed by atoms with Crippen LogP contribution in [-0.4, -0.2) is 31.4 Å². The quantitative estimate of drug-likeness (QED) is 0.866.